The van der Waals surface area contributed by atoms with E-state index in [1.165, 1.54) is 24.3 Å². The first-order valence-electron chi connectivity index (χ1n) is 7.19. The standard InChI is InChI=1S/C16H13F4NO4S/c17-13-9-12(5-6-14(13)22)26(24,25)11-3-1-10(2-4-11)7-8-21-15(23)16(18,19)20/h1-6,9,22H,7-8H2,(H,21,23). The maximum absolute atomic E-state index is 13.3. The van der Waals surface area contributed by atoms with Crippen LogP contribution in [0.25, 0.3) is 0 Å². The highest BCUT2D eigenvalue weighted by Crippen LogP contribution is 2.25. The summed E-state index contributed by atoms with van der Waals surface area (Å²) >= 11 is 0. The van der Waals surface area contributed by atoms with Crippen molar-refractivity contribution in [2.45, 2.75) is 22.4 Å². The minimum Gasteiger partial charge on any atom is -0.505 e. The number of phenolic OH excluding ortho intramolecular Hbond substituents is 1. The second-order valence-electron chi connectivity index (χ2n) is 5.26. The monoisotopic (exact) mass is 391 g/mol. The number of benzene rings is 2. The molecular weight excluding hydrogens is 378 g/mol. The first kappa shape index (κ1) is 19.7. The average Bonchev–Trinajstić information content (AvgIpc) is 2.56. The lowest BCUT2D eigenvalue weighted by molar-refractivity contribution is -0.173. The summed E-state index contributed by atoms with van der Waals surface area (Å²) < 4.78 is 74.3. The van der Waals surface area contributed by atoms with Gasteiger partial charge in [0.05, 0.1) is 9.79 Å². The Balaban J connectivity index is 2.09. The van der Waals surface area contributed by atoms with E-state index in [4.69, 9.17) is 5.11 Å². The fourth-order valence-electron chi connectivity index (χ4n) is 2.05. The van der Waals surface area contributed by atoms with Gasteiger partial charge in [0.1, 0.15) is 0 Å². The molecule has 0 radical (unpaired) electrons. The molecule has 140 valence electrons. The topological polar surface area (TPSA) is 83.5 Å². The van der Waals surface area contributed by atoms with Crippen LogP contribution in [0.2, 0.25) is 0 Å². The molecule has 0 atom stereocenters. The summed E-state index contributed by atoms with van der Waals surface area (Å²) in [6.07, 6.45) is -4.90. The van der Waals surface area contributed by atoms with E-state index in [1.807, 2.05) is 0 Å². The number of aromatic hydroxyl groups is 1. The molecule has 0 bridgehead atoms. The molecule has 10 heteroatoms. The third kappa shape index (κ3) is 4.51. The number of alkyl halides is 3. The molecule has 0 saturated heterocycles. The van der Waals surface area contributed by atoms with Gasteiger partial charge in [-0.1, -0.05) is 12.1 Å². The second kappa shape index (κ2) is 7.32. The molecule has 5 nitrogen and oxygen atoms in total. The lowest BCUT2D eigenvalue weighted by Crippen LogP contribution is -2.37. The van der Waals surface area contributed by atoms with Crippen LogP contribution < -0.4 is 5.32 Å². The molecule has 0 aromatic heterocycles. The first-order valence-corrected chi connectivity index (χ1v) is 8.67. The molecule has 0 heterocycles. The van der Waals surface area contributed by atoms with Gasteiger partial charge >= 0.3 is 12.1 Å². The van der Waals surface area contributed by atoms with Gasteiger partial charge in [-0.15, -0.1) is 0 Å². The van der Waals surface area contributed by atoms with Gasteiger partial charge in [-0.2, -0.15) is 13.2 Å². The van der Waals surface area contributed by atoms with Crippen molar-refractivity contribution in [2.75, 3.05) is 6.54 Å². The zero-order chi connectivity index (χ0) is 19.5. The summed E-state index contributed by atoms with van der Waals surface area (Å²) in [4.78, 5) is 10.2. The first-order chi connectivity index (χ1) is 12.0. The third-order valence-corrected chi connectivity index (χ3v) is 5.19. The van der Waals surface area contributed by atoms with Crippen LogP contribution in [0.15, 0.2) is 52.3 Å². The van der Waals surface area contributed by atoms with Gasteiger partial charge in [-0.25, -0.2) is 12.8 Å². The van der Waals surface area contributed by atoms with Crippen LogP contribution in [-0.2, 0) is 21.1 Å². The average molecular weight is 391 g/mol. The predicted molar refractivity (Wildman–Crippen MR) is 82.7 cm³/mol. The number of nitrogens with one attached hydrogen (secondary N) is 1. The molecule has 2 N–H and O–H groups in total. The van der Waals surface area contributed by atoms with E-state index in [0.717, 1.165) is 12.1 Å². The maximum Gasteiger partial charge on any atom is 0.471 e. The fraction of sp³-hybridized carbons (Fsp3) is 0.188. The number of halogens is 4. The molecule has 0 aliphatic heterocycles. The normalized spacial score (nSPS) is 12.0. The number of amides is 1. The van der Waals surface area contributed by atoms with Crippen LogP contribution >= 0.6 is 0 Å². The molecule has 2 aromatic carbocycles. The number of rotatable bonds is 5. The zero-order valence-electron chi connectivity index (χ0n) is 13.0. The van der Waals surface area contributed by atoms with E-state index in [-0.39, 0.29) is 22.8 Å². The Labute approximate surface area is 146 Å². The van der Waals surface area contributed by atoms with Crippen molar-refractivity contribution >= 4 is 15.7 Å². The van der Waals surface area contributed by atoms with Crippen molar-refractivity contribution in [1.82, 2.24) is 5.32 Å². The van der Waals surface area contributed by atoms with Gasteiger partial charge < -0.3 is 10.4 Å². The summed E-state index contributed by atoms with van der Waals surface area (Å²) in [5, 5.41) is 10.8. The Morgan fingerprint density at radius 3 is 2.15 bits per heavy atom. The molecule has 0 fully saturated rings. The molecule has 0 saturated carbocycles. The van der Waals surface area contributed by atoms with Gasteiger partial charge in [-0.3, -0.25) is 4.79 Å². The van der Waals surface area contributed by atoms with E-state index >= 15 is 0 Å². The van der Waals surface area contributed by atoms with Gasteiger partial charge in [0, 0.05) is 6.54 Å². The van der Waals surface area contributed by atoms with Crippen molar-refractivity contribution in [3.05, 3.63) is 53.8 Å². The van der Waals surface area contributed by atoms with E-state index in [2.05, 4.69) is 0 Å². The summed E-state index contributed by atoms with van der Waals surface area (Å²) in [6.45, 7) is -0.270. The van der Waals surface area contributed by atoms with Gasteiger partial charge in [0.25, 0.3) is 0 Å². The molecular formula is C16H13F4NO4S. The zero-order valence-corrected chi connectivity index (χ0v) is 13.9. The number of carbonyl (C=O) groups excluding carboxylic acids is 1. The van der Waals surface area contributed by atoms with Crippen LogP contribution in [0.4, 0.5) is 17.6 Å². The van der Waals surface area contributed by atoms with Gasteiger partial charge in [0.2, 0.25) is 9.84 Å². The highest BCUT2D eigenvalue weighted by Gasteiger charge is 2.38. The maximum atomic E-state index is 13.3. The Morgan fingerprint density at radius 1 is 1.04 bits per heavy atom. The number of hydrogen-bond donors (Lipinski definition) is 2. The van der Waals surface area contributed by atoms with Gasteiger partial charge in [0.15, 0.2) is 11.6 Å². The molecule has 0 aliphatic rings. The quantitative estimate of drug-likeness (QED) is 0.768. The Kier molecular flexibility index (Phi) is 5.55. The number of sulfone groups is 1. The number of carbonyl (C=O) groups is 1. The van der Waals surface area contributed by atoms with Gasteiger partial charge in [-0.05, 0) is 42.3 Å². The van der Waals surface area contributed by atoms with Crippen molar-refractivity contribution in [3.8, 4) is 5.75 Å². The molecule has 2 aromatic rings. The SMILES string of the molecule is O=C(NCCc1ccc(S(=O)(=O)c2ccc(O)c(F)c2)cc1)C(F)(F)F. The lowest BCUT2D eigenvalue weighted by Gasteiger charge is -2.09. The summed E-state index contributed by atoms with van der Waals surface area (Å²) in [5.74, 6) is -3.81. The third-order valence-electron chi connectivity index (χ3n) is 3.42. The van der Waals surface area contributed by atoms with Crippen LogP contribution in [-0.4, -0.2) is 32.2 Å². The molecule has 0 unspecified atom stereocenters. The number of phenols is 1. The van der Waals surface area contributed by atoms with Crippen LogP contribution in [0, 0.1) is 5.82 Å². The summed E-state index contributed by atoms with van der Waals surface area (Å²) in [5.41, 5.74) is 0.503. The predicted octanol–water partition coefficient (Wildman–Crippen LogP) is 2.59. The molecule has 26 heavy (non-hydrogen) atoms. The van der Waals surface area contributed by atoms with E-state index < -0.39 is 33.5 Å². The Bertz CT molecular complexity index is 909. The summed E-state index contributed by atoms with van der Waals surface area (Å²) in [7, 11) is -4.02. The highest BCUT2D eigenvalue weighted by atomic mass is 32.2. The van der Waals surface area contributed by atoms with E-state index in [9.17, 15) is 30.8 Å². The fourth-order valence-corrected chi connectivity index (χ4v) is 3.32. The number of hydrogen-bond acceptors (Lipinski definition) is 4. The van der Waals surface area contributed by atoms with Crippen LogP contribution in [0.1, 0.15) is 5.56 Å². The largest absolute Gasteiger partial charge is 0.505 e. The molecule has 1 amide bonds. The molecule has 2 rings (SSSR count). The highest BCUT2D eigenvalue weighted by molar-refractivity contribution is 7.91. The van der Waals surface area contributed by atoms with Crippen LogP contribution in [0.5, 0.6) is 5.75 Å². The minimum atomic E-state index is -4.96. The summed E-state index contributed by atoms with van der Waals surface area (Å²) in [6, 6.07) is 7.86. The lowest BCUT2D eigenvalue weighted by atomic mass is 10.1. The van der Waals surface area contributed by atoms with Crippen molar-refractivity contribution in [1.29, 1.82) is 0 Å². The van der Waals surface area contributed by atoms with E-state index in [1.54, 1.807) is 5.32 Å². The van der Waals surface area contributed by atoms with Crippen molar-refractivity contribution < 1.29 is 35.9 Å². The Hall–Kier alpha value is -2.62. The molecule has 0 spiro atoms. The Morgan fingerprint density at radius 2 is 1.62 bits per heavy atom. The van der Waals surface area contributed by atoms with Crippen LogP contribution in [0.3, 0.4) is 0 Å². The molecule has 0 aliphatic carbocycles. The van der Waals surface area contributed by atoms with E-state index in [0.29, 0.717) is 11.6 Å². The second-order valence-corrected chi connectivity index (χ2v) is 7.21. The minimum absolute atomic E-state index is 0.0655. The van der Waals surface area contributed by atoms with Crippen molar-refractivity contribution in [2.24, 2.45) is 0 Å². The smallest absolute Gasteiger partial charge is 0.471 e. The van der Waals surface area contributed by atoms with Crippen molar-refractivity contribution in [3.63, 3.8) is 0 Å².